The van der Waals surface area contributed by atoms with Crippen molar-refractivity contribution >= 4 is 15.7 Å². The van der Waals surface area contributed by atoms with Gasteiger partial charge in [0.2, 0.25) is 10.0 Å². The van der Waals surface area contributed by atoms with Gasteiger partial charge in [-0.05, 0) is 57.0 Å². The Hall–Kier alpha value is -3.16. The monoisotopic (exact) mass is 541 g/mol. The zero-order valence-corrected chi connectivity index (χ0v) is 21.7. The van der Waals surface area contributed by atoms with Crippen LogP contribution in [0.25, 0.3) is 11.4 Å². The molecule has 0 bridgehead atoms. The van der Waals surface area contributed by atoms with Crippen molar-refractivity contribution in [3.05, 3.63) is 59.4 Å². The topological polar surface area (TPSA) is 129 Å². The molecule has 1 atom stereocenters. The van der Waals surface area contributed by atoms with Crippen molar-refractivity contribution in [3.63, 3.8) is 0 Å². The van der Waals surface area contributed by atoms with Crippen molar-refractivity contribution in [2.75, 3.05) is 17.5 Å². The lowest BCUT2D eigenvalue weighted by molar-refractivity contribution is -0.137. The summed E-state index contributed by atoms with van der Waals surface area (Å²) in [5, 5.41) is 28.2. The standard InChI is InChI=1S/C24H30F3N5O4S/c1-15-29-22(16-5-8-18(9-6-16)24(25,26)27)30-32(15)12-11-23(2,3)28-14-21(34)17-7-10-20(33)19(13-17)31-37(4,35)36/h5-10,13,21,28,31,33-34H,11-12,14H2,1-4H3. The maximum atomic E-state index is 12.8. The highest BCUT2D eigenvalue weighted by Gasteiger charge is 2.30. The number of nitrogens with one attached hydrogen (secondary N) is 2. The van der Waals surface area contributed by atoms with E-state index in [9.17, 15) is 31.8 Å². The molecule has 202 valence electrons. The number of β-amino-alcohol motifs (C(OH)–C–C–N with tert-alkyl or cyclic N) is 1. The molecule has 0 amide bonds. The van der Waals surface area contributed by atoms with E-state index in [4.69, 9.17) is 0 Å². The van der Waals surface area contributed by atoms with E-state index < -0.39 is 33.4 Å². The van der Waals surface area contributed by atoms with Gasteiger partial charge in [0, 0.05) is 24.2 Å². The second-order valence-corrected chi connectivity index (χ2v) is 11.2. The number of halogens is 3. The lowest BCUT2D eigenvalue weighted by Gasteiger charge is -2.28. The van der Waals surface area contributed by atoms with Crippen LogP contribution in [0.5, 0.6) is 5.75 Å². The fourth-order valence-electron chi connectivity index (χ4n) is 3.57. The molecule has 0 radical (unpaired) electrons. The number of aromatic nitrogens is 3. The number of benzene rings is 2. The minimum Gasteiger partial charge on any atom is -0.506 e. The highest BCUT2D eigenvalue weighted by molar-refractivity contribution is 7.92. The Morgan fingerprint density at radius 3 is 2.35 bits per heavy atom. The van der Waals surface area contributed by atoms with Gasteiger partial charge in [0.05, 0.1) is 23.6 Å². The van der Waals surface area contributed by atoms with Crippen LogP contribution >= 0.6 is 0 Å². The van der Waals surface area contributed by atoms with E-state index >= 15 is 0 Å². The van der Waals surface area contributed by atoms with E-state index in [-0.39, 0.29) is 18.0 Å². The summed E-state index contributed by atoms with van der Waals surface area (Å²) in [6.45, 7) is 6.27. The molecule has 9 nitrogen and oxygen atoms in total. The first-order valence-corrected chi connectivity index (χ1v) is 13.3. The quantitative estimate of drug-likeness (QED) is 0.287. The van der Waals surface area contributed by atoms with Crippen LogP contribution in [0.3, 0.4) is 0 Å². The van der Waals surface area contributed by atoms with Gasteiger partial charge < -0.3 is 15.5 Å². The maximum absolute atomic E-state index is 12.8. The Morgan fingerprint density at radius 1 is 1.11 bits per heavy atom. The Morgan fingerprint density at radius 2 is 1.76 bits per heavy atom. The van der Waals surface area contributed by atoms with Crippen molar-refractivity contribution in [1.82, 2.24) is 20.1 Å². The van der Waals surface area contributed by atoms with Crippen molar-refractivity contribution in [1.29, 1.82) is 0 Å². The molecule has 0 aliphatic carbocycles. The number of aromatic hydroxyl groups is 1. The smallest absolute Gasteiger partial charge is 0.416 e. The number of nitrogens with zero attached hydrogens (tertiary/aromatic N) is 3. The van der Waals surface area contributed by atoms with Crippen LogP contribution in [0, 0.1) is 6.92 Å². The Kier molecular flexibility index (Phi) is 8.20. The van der Waals surface area contributed by atoms with E-state index in [1.807, 2.05) is 13.8 Å². The van der Waals surface area contributed by atoms with Crippen LogP contribution in [0.2, 0.25) is 0 Å². The number of phenolic OH excluding ortho intramolecular Hbond substituents is 1. The summed E-state index contributed by atoms with van der Waals surface area (Å²) in [7, 11) is -3.60. The molecule has 0 fully saturated rings. The number of aryl methyl sites for hydroxylation is 2. The number of phenols is 1. The first-order chi connectivity index (χ1) is 17.0. The van der Waals surface area contributed by atoms with Gasteiger partial charge in [-0.25, -0.2) is 18.1 Å². The predicted octanol–water partition coefficient (Wildman–Crippen LogP) is 3.84. The normalized spacial score (nSPS) is 13.5. The average Bonchev–Trinajstić information content (AvgIpc) is 3.17. The van der Waals surface area contributed by atoms with Gasteiger partial charge in [-0.15, -0.1) is 0 Å². The summed E-state index contributed by atoms with van der Waals surface area (Å²) < 4.78 is 65.3. The van der Waals surface area contributed by atoms with Gasteiger partial charge >= 0.3 is 6.18 Å². The first kappa shape index (κ1) is 28.4. The number of anilines is 1. The van der Waals surface area contributed by atoms with Gasteiger partial charge in [-0.1, -0.05) is 18.2 Å². The molecule has 1 heterocycles. The molecule has 0 saturated heterocycles. The predicted molar refractivity (Wildman–Crippen MR) is 133 cm³/mol. The van der Waals surface area contributed by atoms with E-state index in [2.05, 4.69) is 20.1 Å². The summed E-state index contributed by atoms with van der Waals surface area (Å²) in [6.07, 6.45) is -3.83. The third kappa shape index (κ3) is 7.91. The molecule has 4 N–H and O–H groups in total. The van der Waals surface area contributed by atoms with E-state index in [1.54, 1.807) is 11.6 Å². The summed E-state index contributed by atoms with van der Waals surface area (Å²) in [5.74, 6) is 0.688. The molecule has 1 unspecified atom stereocenters. The first-order valence-electron chi connectivity index (χ1n) is 11.4. The molecular weight excluding hydrogens is 511 g/mol. The van der Waals surface area contributed by atoms with Crippen LogP contribution < -0.4 is 10.0 Å². The van der Waals surface area contributed by atoms with Crippen molar-refractivity contribution < 1.29 is 31.8 Å². The number of hydrogen-bond acceptors (Lipinski definition) is 7. The highest BCUT2D eigenvalue weighted by atomic mass is 32.2. The van der Waals surface area contributed by atoms with Gasteiger partial charge in [-0.3, -0.25) is 4.72 Å². The average molecular weight is 542 g/mol. The zero-order chi connectivity index (χ0) is 27.6. The maximum Gasteiger partial charge on any atom is 0.416 e. The number of rotatable bonds is 10. The third-order valence-corrected chi connectivity index (χ3v) is 6.34. The molecule has 0 aliphatic rings. The van der Waals surface area contributed by atoms with E-state index in [0.29, 0.717) is 35.7 Å². The number of aliphatic hydroxyl groups excluding tert-OH is 1. The second-order valence-electron chi connectivity index (χ2n) is 9.46. The zero-order valence-electron chi connectivity index (χ0n) is 20.8. The van der Waals surface area contributed by atoms with Gasteiger partial charge in [-0.2, -0.15) is 18.3 Å². The van der Waals surface area contributed by atoms with Crippen LogP contribution in [-0.4, -0.2) is 51.7 Å². The second kappa shape index (κ2) is 10.7. The molecule has 0 saturated carbocycles. The lowest BCUT2D eigenvalue weighted by atomic mass is 9.99. The number of hydrogen-bond donors (Lipinski definition) is 4. The van der Waals surface area contributed by atoms with Crippen molar-refractivity contribution in [3.8, 4) is 17.1 Å². The lowest BCUT2D eigenvalue weighted by Crippen LogP contribution is -2.42. The number of aliphatic hydroxyl groups is 1. The summed E-state index contributed by atoms with van der Waals surface area (Å²) in [4.78, 5) is 4.37. The fraction of sp³-hybridized carbons (Fsp3) is 0.417. The molecule has 0 aliphatic heterocycles. The molecule has 3 aromatic rings. The van der Waals surface area contributed by atoms with Crippen molar-refractivity contribution in [2.24, 2.45) is 0 Å². The molecule has 13 heteroatoms. The highest BCUT2D eigenvalue weighted by Crippen LogP contribution is 2.31. The fourth-order valence-corrected chi connectivity index (χ4v) is 4.13. The minimum atomic E-state index is -4.41. The van der Waals surface area contributed by atoms with Gasteiger partial charge in [0.25, 0.3) is 0 Å². The third-order valence-electron chi connectivity index (χ3n) is 5.75. The van der Waals surface area contributed by atoms with Crippen LogP contribution in [-0.2, 0) is 22.7 Å². The van der Waals surface area contributed by atoms with Crippen LogP contribution in [0.1, 0.15) is 43.3 Å². The van der Waals surface area contributed by atoms with Gasteiger partial charge in [0.15, 0.2) is 5.82 Å². The molecule has 37 heavy (non-hydrogen) atoms. The van der Waals surface area contributed by atoms with Crippen LogP contribution in [0.4, 0.5) is 18.9 Å². The summed E-state index contributed by atoms with van der Waals surface area (Å²) in [6, 6.07) is 8.86. The Bertz CT molecular complexity index is 1340. The van der Waals surface area contributed by atoms with Crippen LogP contribution in [0.15, 0.2) is 42.5 Å². The molecule has 0 spiro atoms. The van der Waals surface area contributed by atoms with E-state index in [1.165, 1.54) is 30.3 Å². The summed E-state index contributed by atoms with van der Waals surface area (Å²) >= 11 is 0. The SMILES string of the molecule is Cc1nc(-c2ccc(C(F)(F)F)cc2)nn1CCC(C)(C)NCC(O)c1ccc(O)c(NS(C)(=O)=O)c1. The number of sulfonamides is 1. The largest absolute Gasteiger partial charge is 0.506 e. The van der Waals surface area contributed by atoms with Gasteiger partial charge in [0.1, 0.15) is 11.6 Å². The Balaban J connectivity index is 1.60. The molecule has 1 aromatic heterocycles. The molecule has 2 aromatic carbocycles. The van der Waals surface area contributed by atoms with Crippen molar-refractivity contribution in [2.45, 2.75) is 51.6 Å². The molecular formula is C24H30F3N5O4S. The Labute approximate surface area is 213 Å². The number of alkyl halides is 3. The minimum absolute atomic E-state index is 0.0242. The summed E-state index contributed by atoms with van der Waals surface area (Å²) in [5.41, 5.74) is -0.311. The molecule has 3 rings (SSSR count). The van der Waals surface area contributed by atoms with E-state index in [0.717, 1.165) is 18.4 Å².